The average Bonchev–Trinajstić information content (AvgIpc) is 2.82. The number of aliphatic hydroxyl groups is 1. The van der Waals surface area contributed by atoms with E-state index in [4.69, 9.17) is 10.2 Å². The predicted octanol–water partition coefficient (Wildman–Crippen LogP) is 0.372. The maximum absolute atomic E-state index is 12.1. The highest BCUT2D eigenvalue weighted by molar-refractivity contribution is 5.96. The summed E-state index contributed by atoms with van der Waals surface area (Å²) in [5.74, 6) is -2.00. The third kappa shape index (κ3) is 4.28. The Bertz CT molecular complexity index is 539. The number of nitrogens with one attached hydrogen (secondary N) is 1. The number of aromatic nitrogens is 1. The number of hydrogen-bond donors (Lipinski definition) is 3. The van der Waals surface area contributed by atoms with Crippen molar-refractivity contribution in [2.45, 2.75) is 32.4 Å². The quantitative estimate of drug-likeness (QED) is 0.469. The van der Waals surface area contributed by atoms with Crippen LogP contribution in [-0.4, -0.2) is 44.2 Å². The minimum absolute atomic E-state index is 0.0211. The molecule has 21 heavy (non-hydrogen) atoms. The molecule has 0 saturated carbocycles. The summed E-state index contributed by atoms with van der Waals surface area (Å²) < 4.78 is 1.41. The number of nitro groups is 1. The fourth-order valence-corrected chi connectivity index (χ4v) is 1.83. The SMILES string of the molecule is CCCn1cc([N+](=O)[O-])cc1C(=O)NC(CCO)C(=O)O. The molecule has 1 rings (SSSR count). The van der Waals surface area contributed by atoms with Crippen LogP contribution >= 0.6 is 0 Å². The minimum atomic E-state index is -1.28. The van der Waals surface area contributed by atoms with E-state index in [0.29, 0.717) is 13.0 Å². The molecule has 0 aromatic carbocycles. The summed E-state index contributed by atoms with van der Waals surface area (Å²) in [6, 6.07) is -0.144. The van der Waals surface area contributed by atoms with Crippen molar-refractivity contribution in [2.24, 2.45) is 0 Å². The van der Waals surface area contributed by atoms with Crippen molar-refractivity contribution in [1.82, 2.24) is 9.88 Å². The Hall–Kier alpha value is -2.42. The predicted molar refractivity (Wildman–Crippen MR) is 72.0 cm³/mol. The first-order valence-electron chi connectivity index (χ1n) is 6.39. The summed E-state index contributed by atoms with van der Waals surface area (Å²) in [4.78, 5) is 33.1. The van der Waals surface area contributed by atoms with Crippen molar-refractivity contribution >= 4 is 17.6 Å². The zero-order valence-corrected chi connectivity index (χ0v) is 11.5. The van der Waals surface area contributed by atoms with Crippen LogP contribution in [0.15, 0.2) is 12.3 Å². The number of hydrogen-bond acceptors (Lipinski definition) is 5. The number of carboxylic acids is 1. The Labute approximate surface area is 120 Å². The molecular weight excluding hydrogens is 282 g/mol. The lowest BCUT2D eigenvalue weighted by Crippen LogP contribution is -2.42. The van der Waals surface area contributed by atoms with Crippen molar-refractivity contribution in [3.8, 4) is 0 Å². The lowest BCUT2D eigenvalue weighted by atomic mass is 10.2. The van der Waals surface area contributed by atoms with Gasteiger partial charge in [-0.1, -0.05) is 6.92 Å². The Balaban J connectivity index is 2.99. The van der Waals surface area contributed by atoms with Crippen molar-refractivity contribution in [3.63, 3.8) is 0 Å². The molecule has 1 heterocycles. The highest BCUT2D eigenvalue weighted by atomic mass is 16.6. The van der Waals surface area contributed by atoms with Gasteiger partial charge < -0.3 is 20.1 Å². The highest BCUT2D eigenvalue weighted by Gasteiger charge is 2.24. The summed E-state index contributed by atoms with van der Waals surface area (Å²) in [6.07, 6.45) is 1.75. The molecule has 116 valence electrons. The largest absolute Gasteiger partial charge is 0.480 e. The zero-order chi connectivity index (χ0) is 16.0. The molecule has 1 amide bonds. The molecule has 0 saturated heterocycles. The molecule has 0 fully saturated rings. The number of aryl methyl sites for hydroxylation is 1. The molecular formula is C12H17N3O6. The number of aliphatic carboxylic acids is 1. The van der Waals surface area contributed by atoms with Crippen molar-refractivity contribution in [2.75, 3.05) is 6.61 Å². The summed E-state index contributed by atoms with van der Waals surface area (Å²) in [5.41, 5.74) is -0.213. The number of carbonyl (C=O) groups excluding carboxylic acids is 1. The fraction of sp³-hybridized carbons (Fsp3) is 0.500. The van der Waals surface area contributed by atoms with Crippen molar-refractivity contribution in [3.05, 3.63) is 28.1 Å². The van der Waals surface area contributed by atoms with Gasteiger partial charge in [0.2, 0.25) is 0 Å². The van der Waals surface area contributed by atoms with Gasteiger partial charge >= 0.3 is 5.97 Å². The van der Waals surface area contributed by atoms with Crippen LogP contribution in [0.4, 0.5) is 5.69 Å². The van der Waals surface area contributed by atoms with Gasteiger partial charge in [-0.2, -0.15) is 0 Å². The maximum Gasteiger partial charge on any atom is 0.326 e. The molecule has 0 bridgehead atoms. The highest BCUT2D eigenvalue weighted by Crippen LogP contribution is 2.17. The summed E-state index contributed by atoms with van der Waals surface area (Å²) in [7, 11) is 0. The van der Waals surface area contributed by atoms with Crippen LogP contribution in [0.3, 0.4) is 0 Å². The van der Waals surface area contributed by atoms with E-state index in [1.807, 2.05) is 6.92 Å². The first kappa shape index (κ1) is 16.6. The third-order valence-electron chi connectivity index (χ3n) is 2.81. The standard InChI is InChI=1S/C12H17N3O6/c1-2-4-14-7-8(15(20)21)6-10(14)11(17)13-9(3-5-16)12(18)19/h6-7,9,16H,2-5H2,1H3,(H,13,17)(H,18,19). The van der Waals surface area contributed by atoms with E-state index in [0.717, 1.165) is 6.07 Å². The van der Waals surface area contributed by atoms with E-state index in [2.05, 4.69) is 5.32 Å². The Kier molecular flexibility index (Phi) is 5.85. The fourth-order valence-electron chi connectivity index (χ4n) is 1.83. The second kappa shape index (κ2) is 7.39. The van der Waals surface area contributed by atoms with E-state index in [9.17, 15) is 19.7 Å². The summed E-state index contributed by atoms with van der Waals surface area (Å²) in [5, 5.41) is 30.7. The molecule has 0 aliphatic rings. The van der Waals surface area contributed by atoms with E-state index in [1.165, 1.54) is 10.8 Å². The number of aliphatic hydroxyl groups excluding tert-OH is 1. The van der Waals surface area contributed by atoms with Crippen LogP contribution in [0.2, 0.25) is 0 Å². The van der Waals surface area contributed by atoms with Gasteiger partial charge in [0.1, 0.15) is 11.7 Å². The number of carbonyl (C=O) groups is 2. The van der Waals surface area contributed by atoms with E-state index in [1.54, 1.807) is 0 Å². The molecule has 1 unspecified atom stereocenters. The van der Waals surface area contributed by atoms with E-state index < -0.39 is 29.4 Å². The van der Waals surface area contributed by atoms with Crippen LogP contribution in [0.25, 0.3) is 0 Å². The minimum Gasteiger partial charge on any atom is -0.480 e. The topological polar surface area (TPSA) is 135 Å². The number of nitrogens with zero attached hydrogens (tertiary/aromatic N) is 2. The van der Waals surface area contributed by atoms with Gasteiger partial charge in [0.05, 0.1) is 11.1 Å². The Morgan fingerprint density at radius 3 is 2.67 bits per heavy atom. The average molecular weight is 299 g/mol. The molecule has 1 aromatic heterocycles. The van der Waals surface area contributed by atoms with Gasteiger partial charge in [0, 0.05) is 25.6 Å². The Morgan fingerprint density at radius 1 is 1.52 bits per heavy atom. The number of amides is 1. The van der Waals surface area contributed by atoms with Crippen molar-refractivity contribution < 1.29 is 24.7 Å². The molecule has 9 nitrogen and oxygen atoms in total. The molecule has 0 radical (unpaired) electrons. The van der Waals surface area contributed by atoms with Gasteiger partial charge in [-0.15, -0.1) is 0 Å². The molecule has 3 N–H and O–H groups in total. The lowest BCUT2D eigenvalue weighted by molar-refractivity contribution is -0.384. The first-order chi connectivity index (χ1) is 9.90. The summed E-state index contributed by atoms with van der Waals surface area (Å²) in [6.45, 7) is 1.85. The van der Waals surface area contributed by atoms with Crippen LogP contribution in [0.1, 0.15) is 30.3 Å². The summed E-state index contributed by atoms with van der Waals surface area (Å²) >= 11 is 0. The molecule has 1 aromatic rings. The number of rotatable bonds is 8. The van der Waals surface area contributed by atoms with Crippen LogP contribution in [0, 0.1) is 10.1 Å². The monoisotopic (exact) mass is 299 g/mol. The lowest BCUT2D eigenvalue weighted by Gasteiger charge is -2.14. The van der Waals surface area contributed by atoms with E-state index >= 15 is 0 Å². The van der Waals surface area contributed by atoms with Gasteiger partial charge in [0.25, 0.3) is 11.6 Å². The second-order valence-corrected chi connectivity index (χ2v) is 4.41. The zero-order valence-electron chi connectivity index (χ0n) is 11.5. The van der Waals surface area contributed by atoms with Gasteiger partial charge in [-0.3, -0.25) is 14.9 Å². The van der Waals surface area contributed by atoms with Gasteiger partial charge in [-0.05, 0) is 6.42 Å². The van der Waals surface area contributed by atoms with Crippen LogP contribution < -0.4 is 5.32 Å². The molecule has 0 spiro atoms. The Morgan fingerprint density at radius 2 is 2.19 bits per heavy atom. The molecule has 0 aliphatic carbocycles. The first-order valence-corrected chi connectivity index (χ1v) is 6.39. The number of carboxylic acid groups (broad SMARTS) is 1. The second-order valence-electron chi connectivity index (χ2n) is 4.41. The molecule has 0 aliphatic heterocycles. The van der Waals surface area contributed by atoms with Crippen LogP contribution in [0.5, 0.6) is 0 Å². The van der Waals surface area contributed by atoms with E-state index in [-0.39, 0.29) is 17.8 Å². The normalized spacial score (nSPS) is 11.9. The van der Waals surface area contributed by atoms with Gasteiger partial charge in [0.15, 0.2) is 0 Å². The third-order valence-corrected chi connectivity index (χ3v) is 2.81. The molecule has 9 heteroatoms. The smallest absolute Gasteiger partial charge is 0.326 e. The van der Waals surface area contributed by atoms with Gasteiger partial charge in [-0.25, -0.2) is 4.79 Å². The maximum atomic E-state index is 12.1. The van der Waals surface area contributed by atoms with Crippen molar-refractivity contribution in [1.29, 1.82) is 0 Å². The van der Waals surface area contributed by atoms with Crippen LogP contribution in [-0.2, 0) is 11.3 Å². The molecule has 1 atom stereocenters.